The standard InChI is InChI=1S/C22H30N4O/c1-5-19(20-16-18(23-3)9-8-17(20)2)22-24-21(10-13-25(22)4)27-15-14-26-11-6-7-12-26/h5,8-10,13,16,23H,1,6-7,11-12,14-15H2,2-4H3/b22-19+. The molecule has 1 aromatic rings. The normalized spacial score (nSPS) is 19.1. The number of nitrogens with zero attached hydrogens (tertiary/aromatic N) is 3. The summed E-state index contributed by atoms with van der Waals surface area (Å²) in [5, 5.41) is 3.20. The maximum Gasteiger partial charge on any atom is 0.216 e. The molecule has 1 saturated heterocycles. The van der Waals surface area contributed by atoms with Crippen molar-refractivity contribution < 1.29 is 4.74 Å². The fourth-order valence-corrected chi connectivity index (χ4v) is 3.47. The smallest absolute Gasteiger partial charge is 0.216 e. The second kappa shape index (κ2) is 8.91. The first-order valence-electron chi connectivity index (χ1n) is 9.62. The third-order valence-electron chi connectivity index (χ3n) is 5.11. The Morgan fingerprint density at radius 1 is 1.33 bits per heavy atom. The first-order chi connectivity index (χ1) is 13.1. The number of hydrogen-bond donors (Lipinski definition) is 1. The molecule has 5 nitrogen and oxygen atoms in total. The van der Waals surface area contributed by atoms with Gasteiger partial charge in [0.15, 0.2) is 0 Å². The van der Waals surface area contributed by atoms with Crippen molar-refractivity contribution in [3.63, 3.8) is 0 Å². The van der Waals surface area contributed by atoms with Crippen LogP contribution in [0.25, 0.3) is 5.57 Å². The van der Waals surface area contributed by atoms with E-state index in [1.54, 1.807) is 0 Å². The largest absolute Gasteiger partial charge is 0.476 e. The summed E-state index contributed by atoms with van der Waals surface area (Å²) in [5.41, 5.74) is 4.37. The molecule has 0 amide bonds. The summed E-state index contributed by atoms with van der Waals surface area (Å²) >= 11 is 0. The molecule has 2 aliphatic heterocycles. The Kier molecular flexibility index (Phi) is 6.35. The van der Waals surface area contributed by atoms with Gasteiger partial charge < -0.3 is 15.0 Å². The minimum absolute atomic E-state index is 0.657. The highest BCUT2D eigenvalue weighted by molar-refractivity contribution is 5.91. The highest BCUT2D eigenvalue weighted by Gasteiger charge is 2.17. The van der Waals surface area contributed by atoms with Gasteiger partial charge in [-0.3, -0.25) is 4.90 Å². The molecule has 1 aromatic carbocycles. The molecule has 144 valence electrons. The second-order valence-electron chi connectivity index (χ2n) is 6.99. The Morgan fingerprint density at radius 2 is 2.11 bits per heavy atom. The zero-order chi connectivity index (χ0) is 19.2. The Hall–Kier alpha value is -2.53. The number of hydrogen-bond acceptors (Lipinski definition) is 5. The van der Waals surface area contributed by atoms with E-state index in [0.29, 0.717) is 12.5 Å². The third-order valence-corrected chi connectivity index (χ3v) is 5.11. The van der Waals surface area contributed by atoms with E-state index in [1.807, 2.05) is 37.3 Å². The van der Waals surface area contributed by atoms with Gasteiger partial charge in [0, 0.05) is 44.2 Å². The predicted octanol–water partition coefficient (Wildman–Crippen LogP) is 3.86. The molecule has 0 aromatic heterocycles. The molecule has 3 rings (SSSR count). The number of rotatable bonds is 6. The highest BCUT2D eigenvalue weighted by atomic mass is 16.5. The van der Waals surface area contributed by atoms with Crippen molar-refractivity contribution in [2.75, 3.05) is 45.7 Å². The van der Waals surface area contributed by atoms with Crippen LogP contribution in [0.3, 0.4) is 0 Å². The van der Waals surface area contributed by atoms with E-state index in [2.05, 4.69) is 41.9 Å². The van der Waals surface area contributed by atoms with Gasteiger partial charge in [-0.1, -0.05) is 18.7 Å². The summed E-state index contributed by atoms with van der Waals surface area (Å²) in [7, 11) is 3.92. The maximum absolute atomic E-state index is 5.94. The zero-order valence-electron chi connectivity index (χ0n) is 16.7. The molecule has 2 heterocycles. The van der Waals surface area contributed by atoms with E-state index in [9.17, 15) is 0 Å². The molecular weight excluding hydrogens is 336 g/mol. The second-order valence-corrected chi connectivity index (χ2v) is 6.99. The Balaban J connectivity index is 1.83. The van der Waals surface area contributed by atoms with Crippen LogP contribution in [0.15, 0.2) is 53.9 Å². The first-order valence-corrected chi connectivity index (χ1v) is 9.62. The van der Waals surface area contributed by atoms with Gasteiger partial charge >= 0.3 is 0 Å². The topological polar surface area (TPSA) is 40.1 Å². The van der Waals surface area contributed by atoms with Gasteiger partial charge in [0.05, 0.1) is 0 Å². The van der Waals surface area contributed by atoms with Crippen LogP contribution in [-0.4, -0.2) is 56.0 Å². The number of nitrogens with one attached hydrogen (secondary N) is 1. The summed E-state index contributed by atoms with van der Waals surface area (Å²) in [6.07, 6.45) is 8.38. The molecule has 2 aliphatic rings. The van der Waals surface area contributed by atoms with Gasteiger partial charge in [-0.05, 0) is 56.1 Å². The molecule has 1 N–H and O–H groups in total. The van der Waals surface area contributed by atoms with E-state index in [4.69, 9.17) is 9.73 Å². The lowest BCUT2D eigenvalue weighted by Gasteiger charge is -2.24. The summed E-state index contributed by atoms with van der Waals surface area (Å²) in [6.45, 7) is 10.1. The number of anilines is 1. The number of ether oxygens (including phenoxy) is 1. The van der Waals surface area contributed by atoms with Crippen LogP contribution in [-0.2, 0) is 4.74 Å². The van der Waals surface area contributed by atoms with Gasteiger partial charge in [-0.15, -0.1) is 0 Å². The van der Waals surface area contributed by atoms with Crippen molar-refractivity contribution >= 4 is 17.2 Å². The van der Waals surface area contributed by atoms with Crippen molar-refractivity contribution in [3.8, 4) is 0 Å². The van der Waals surface area contributed by atoms with Crippen molar-refractivity contribution in [1.82, 2.24) is 9.80 Å². The number of aryl methyl sites for hydroxylation is 1. The summed E-state index contributed by atoms with van der Waals surface area (Å²) in [4.78, 5) is 9.23. The van der Waals surface area contributed by atoms with E-state index < -0.39 is 0 Å². The van der Waals surface area contributed by atoms with Crippen LogP contribution in [0.1, 0.15) is 24.0 Å². The molecule has 27 heavy (non-hydrogen) atoms. The third kappa shape index (κ3) is 4.61. The molecule has 1 fully saturated rings. The van der Waals surface area contributed by atoms with Crippen molar-refractivity contribution in [1.29, 1.82) is 0 Å². The van der Waals surface area contributed by atoms with Gasteiger partial charge in [-0.2, -0.15) is 4.99 Å². The lowest BCUT2D eigenvalue weighted by Crippen LogP contribution is -2.26. The number of aliphatic imine (C=N–C) groups is 1. The van der Waals surface area contributed by atoms with Crippen molar-refractivity contribution in [2.45, 2.75) is 19.8 Å². The van der Waals surface area contributed by atoms with Crippen LogP contribution >= 0.6 is 0 Å². The molecule has 0 aliphatic carbocycles. The lowest BCUT2D eigenvalue weighted by atomic mass is 9.99. The number of allylic oxidation sites excluding steroid dienone is 2. The zero-order valence-corrected chi connectivity index (χ0v) is 16.7. The van der Waals surface area contributed by atoms with Crippen molar-refractivity contribution in [3.05, 3.63) is 60.1 Å². The molecule has 0 spiro atoms. The van der Waals surface area contributed by atoms with Gasteiger partial charge in [0.2, 0.25) is 5.90 Å². The quantitative estimate of drug-likeness (QED) is 0.830. The molecular formula is C22H30N4O. The fraction of sp³-hybridized carbons (Fsp3) is 0.409. The van der Waals surface area contributed by atoms with E-state index in [0.717, 1.165) is 29.2 Å². The van der Waals surface area contributed by atoms with Crippen LogP contribution in [0.4, 0.5) is 5.69 Å². The van der Waals surface area contributed by atoms with Crippen molar-refractivity contribution in [2.24, 2.45) is 4.99 Å². The van der Waals surface area contributed by atoms with Crippen LogP contribution in [0.2, 0.25) is 0 Å². The van der Waals surface area contributed by atoms with Gasteiger partial charge in [0.25, 0.3) is 0 Å². The van der Waals surface area contributed by atoms with E-state index in [1.165, 1.54) is 31.5 Å². The van der Waals surface area contributed by atoms with E-state index in [-0.39, 0.29) is 0 Å². The monoisotopic (exact) mass is 366 g/mol. The Bertz CT molecular complexity index is 773. The van der Waals surface area contributed by atoms with E-state index >= 15 is 0 Å². The molecule has 0 saturated carbocycles. The molecule has 0 bridgehead atoms. The highest BCUT2D eigenvalue weighted by Crippen LogP contribution is 2.29. The average Bonchev–Trinajstić information content (AvgIpc) is 3.19. The Labute approximate surface area is 162 Å². The maximum atomic E-state index is 5.94. The molecule has 0 atom stereocenters. The Morgan fingerprint density at radius 3 is 2.81 bits per heavy atom. The van der Waals surface area contributed by atoms with Gasteiger partial charge in [-0.25, -0.2) is 0 Å². The molecule has 5 heteroatoms. The average molecular weight is 367 g/mol. The van der Waals surface area contributed by atoms with Crippen LogP contribution in [0.5, 0.6) is 0 Å². The predicted molar refractivity (Wildman–Crippen MR) is 114 cm³/mol. The van der Waals surface area contributed by atoms with Gasteiger partial charge in [0.1, 0.15) is 12.4 Å². The summed E-state index contributed by atoms with van der Waals surface area (Å²) in [6, 6.07) is 6.32. The number of likely N-dealkylation sites (tertiary alicyclic amines) is 1. The first kappa shape index (κ1) is 19.2. The van der Waals surface area contributed by atoms with Crippen LogP contribution < -0.4 is 5.32 Å². The molecule has 0 radical (unpaired) electrons. The number of benzene rings is 1. The summed E-state index contributed by atoms with van der Waals surface area (Å²) < 4.78 is 5.94. The van der Waals surface area contributed by atoms with Crippen LogP contribution in [0, 0.1) is 6.92 Å². The minimum Gasteiger partial charge on any atom is -0.476 e. The minimum atomic E-state index is 0.657. The summed E-state index contributed by atoms with van der Waals surface area (Å²) in [5.74, 6) is 1.50. The SMILES string of the molecule is C=C/C(=C1/N=C(OCCN2CCCC2)C=CN1C)c1cc(NC)ccc1C. The lowest BCUT2D eigenvalue weighted by molar-refractivity contribution is 0.229. The molecule has 0 unspecified atom stereocenters. The fourth-order valence-electron chi connectivity index (χ4n) is 3.47.